The number of furan rings is 2. The third-order valence-electron chi connectivity index (χ3n) is 5.00. The summed E-state index contributed by atoms with van der Waals surface area (Å²) < 4.78 is 25.1. The number of hydrogen-bond donors (Lipinski definition) is 0. The van der Waals surface area contributed by atoms with E-state index in [9.17, 15) is 0 Å². The summed E-state index contributed by atoms with van der Waals surface area (Å²) in [7, 11) is -2.69. The second-order valence-corrected chi connectivity index (χ2v) is 13.6. The van der Waals surface area contributed by atoms with E-state index in [1.807, 2.05) is 24.3 Å². The lowest BCUT2D eigenvalue weighted by atomic mass is 10.1. The van der Waals surface area contributed by atoms with Crippen molar-refractivity contribution in [2.45, 2.75) is 76.7 Å². The second kappa shape index (κ2) is 6.45. The fraction of sp³-hybridized carbons (Fsp3) is 0.600. The Morgan fingerprint density at radius 1 is 0.760 bits per heavy atom. The molecule has 0 radical (unpaired) electrons. The fourth-order valence-corrected chi connectivity index (χ4v) is 9.02. The molecule has 2 aromatic heterocycles. The highest BCUT2D eigenvalue weighted by Crippen LogP contribution is 2.57. The molecule has 5 heteroatoms. The molecule has 0 spiro atoms. The third-order valence-corrected chi connectivity index (χ3v) is 10.2. The van der Waals surface area contributed by atoms with Crippen LogP contribution in [-0.2, 0) is 8.85 Å². The Balaban J connectivity index is 2.07. The van der Waals surface area contributed by atoms with Gasteiger partial charge in [-0.1, -0.05) is 41.5 Å². The summed E-state index contributed by atoms with van der Waals surface area (Å²) in [5.41, 5.74) is 0. The molecule has 4 nitrogen and oxygen atoms in total. The minimum Gasteiger partial charge on any atom is -0.467 e. The van der Waals surface area contributed by atoms with Gasteiger partial charge in [-0.05, 0) is 37.1 Å². The molecule has 25 heavy (non-hydrogen) atoms. The average Bonchev–Trinajstić information content (AvgIpc) is 3.16. The maximum atomic E-state index is 6.88. The summed E-state index contributed by atoms with van der Waals surface area (Å²) >= 11 is 0. The van der Waals surface area contributed by atoms with Gasteiger partial charge in [0.1, 0.15) is 23.7 Å². The quantitative estimate of drug-likeness (QED) is 0.570. The number of rotatable bonds is 2. The molecule has 0 unspecified atom stereocenters. The van der Waals surface area contributed by atoms with Gasteiger partial charge < -0.3 is 17.7 Å². The SMILES string of the molecule is CC(C)(C)[Si]1(C(C)(C)C)O[C@H](c2ccco2)CC[C@H](c2ccco2)O1. The molecule has 0 aliphatic carbocycles. The molecule has 0 N–H and O–H groups in total. The van der Waals surface area contributed by atoms with Gasteiger partial charge in [-0.15, -0.1) is 0 Å². The summed E-state index contributed by atoms with van der Waals surface area (Å²) in [6.45, 7) is 13.4. The predicted molar refractivity (Wildman–Crippen MR) is 99.5 cm³/mol. The van der Waals surface area contributed by atoms with Crippen molar-refractivity contribution in [3.8, 4) is 0 Å². The summed E-state index contributed by atoms with van der Waals surface area (Å²) in [5.74, 6) is 1.77. The van der Waals surface area contributed by atoms with Gasteiger partial charge in [0.2, 0.25) is 0 Å². The first kappa shape index (κ1) is 18.5. The Labute approximate surface area is 151 Å². The van der Waals surface area contributed by atoms with Crippen LogP contribution in [0.5, 0.6) is 0 Å². The zero-order valence-corrected chi connectivity index (χ0v) is 17.2. The monoisotopic (exact) mass is 362 g/mol. The van der Waals surface area contributed by atoms with Crippen LogP contribution >= 0.6 is 0 Å². The maximum absolute atomic E-state index is 6.88. The molecule has 3 rings (SSSR count). The lowest BCUT2D eigenvalue weighted by molar-refractivity contribution is 0.0652. The zero-order valence-electron chi connectivity index (χ0n) is 16.2. The van der Waals surface area contributed by atoms with Gasteiger partial charge in [0.25, 0.3) is 0 Å². The molecule has 1 saturated heterocycles. The van der Waals surface area contributed by atoms with Crippen LogP contribution in [0.2, 0.25) is 10.1 Å². The highest BCUT2D eigenvalue weighted by Gasteiger charge is 2.61. The van der Waals surface area contributed by atoms with Crippen molar-refractivity contribution >= 4 is 8.56 Å². The zero-order chi connectivity index (χ0) is 18.3. The van der Waals surface area contributed by atoms with Crippen molar-refractivity contribution in [2.75, 3.05) is 0 Å². The Morgan fingerprint density at radius 2 is 1.16 bits per heavy atom. The van der Waals surface area contributed by atoms with Crippen LogP contribution in [0.4, 0.5) is 0 Å². The Bertz CT molecular complexity index is 601. The molecular weight excluding hydrogens is 332 g/mol. The van der Waals surface area contributed by atoms with Crippen molar-refractivity contribution in [2.24, 2.45) is 0 Å². The lowest BCUT2D eigenvalue weighted by Crippen LogP contribution is -2.57. The molecule has 138 valence electrons. The van der Waals surface area contributed by atoms with Gasteiger partial charge in [-0.2, -0.15) is 0 Å². The second-order valence-electron chi connectivity index (χ2n) is 8.94. The Hall–Kier alpha value is -1.30. The Kier molecular flexibility index (Phi) is 4.77. The fourth-order valence-electron chi connectivity index (χ4n) is 4.03. The molecule has 3 heterocycles. The first-order valence-corrected chi connectivity index (χ1v) is 10.9. The van der Waals surface area contributed by atoms with E-state index in [2.05, 4.69) is 41.5 Å². The maximum Gasteiger partial charge on any atom is 0.350 e. The first-order chi connectivity index (χ1) is 11.6. The van der Waals surface area contributed by atoms with E-state index in [1.165, 1.54) is 0 Å². The van der Waals surface area contributed by atoms with Crippen molar-refractivity contribution in [1.82, 2.24) is 0 Å². The van der Waals surface area contributed by atoms with E-state index in [0.29, 0.717) is 0 Å². The van der Waals surface area contributed by atoms with Crippen LogP contribution in [0.3, 0.4) is 0 Å². The average molecular weight is 363 g/mol. The summed E-state index contributed by atoms with van der Waals surface area (Å²) in [4.78, 5) is 0. The molecule has 0 aromatic carbocycles. The van der Waals surface area contributed by atoms with E-state index in [4.69, 9.17) is 17.7 Å². The van der Waals surface area contributed by atoms with Crippen LogP contribution < -0.4 is 0 Å². The summed E-state index contributed by atoms with van der Waals surface area (Å²) in [6, 6.07) is 7.85. The summed E-state index contributed by atoms with van der Waals surface area (Å²) in [5, 5.41) is -0.212. The van der Waals surface area contributed by atoms with Crippen LogP contribution in [0.25, 0.3) is 0 Å². The smallest absolute Gasteiger partial charge is 0.350 e. The summed E-state index contributed by atoms with van der Waals surface area (Å²) in [6.07, 6.45) is 4.96. The van der Waals surface area contributed by atoms with Crippen LogP contribution in [-0.4, -0.2) is 8.56 Å². The van der Waals surface area contributed by atoms with Gasteiger partial charge in [0.05, 0.1) is 12.5 Å². The van der Waals surface area contributed by atoms with E-state index in [-0.39, 0.29) is 22.3 Å². The van der Waals surface area contributed by atoms with Crippen molar-refractivity contribution in [3.05, 3.63) is 48.3 Å². The number of hydrogen-bond acceptors (Lipinski definition) is 4. The molecular formula is C20H30O4Si. The van der Waals surface area contributed by atoms with E-state index in [1.54, 1.807) is 12.5 Å². The van der Waals surface area contributed by atoms with Crippen molar-refractivity contribution in [3.63, 3.8) is 0 Å². The molecule has 1 fully saturated rings. The molecule has 0 amide bonds. The van der Waals surface area contributed by atoms with Gasteiger partial charge >= 0.3 is 8.56 Å². The predicted octanol–water partition coefficient (Wildman–Crippen LogP) is 6.52. The molecule has 0 saturated carbocycles. The van der Waals surface area contributed by atoms with Crippen LogP contribution in [0.15, 0.2) is 45.6 Å². The van der Waals surface area contributed by atoms with Gasteiger partial charge in [0, 0.05) is 10.1 Å². The van der Waals surface area contributed by atoms with E-state index >= 15 is 0 Å². The lowest BCUT2D eigenvalue weighted by Gasteiger charge is -2.50. The van der Waals surface area contributed by atoms with Crippen molar-refractivity contribution in [1.29, 1.82) is 0 Å². The topological polar surface area (TPSA) is 44.7 Å². The molecule has 2 aromatic rings. The van der Waals surface area contributed by atoms with Gasteiger partial charge in [0.15, 0.2) is 0 Å². The van der Waals surface area contributed by atoms with Crippen molar-refractivity contribution < 1.29 is 17.7 Å². The first-order valence-electron chi connectivity index (χ1n) is 9.06. The Morgan fingerprint density at radius 3 is 1.44 bits per heavy atom. The van der Waals surface area contributed by atoms with Crippen LogP contribution in [0, 0.1) is 0 Å². The minimum atomic E-state index is -2.69. The minimum absolute atomic E-state index is 0.0833. The van der Waals surface area contributed by atoms with E-state index in [0.717, 1.165) is 24.4 Å². The van der Waals surface area contributed by atoms with Gasteiger partial charge in [-0.3, -0.25) is 0 Å². The molecule has 1 aliphatic heterocycles. The van der Waals surface area contributed by atoms with E-state index < -0.39 is 8.56 Å². The highest BCUT2D eigenvalue weighted by atomic mass is 28.4. The highest BCUT2D eigenvalue weighted by molar-refractivity contribution is 6.73. The van der Waals surface area contributed by atoms with Crippen LogP contribution in [0.1, 0.15) is 78.1 Å². The van der Waals surface area contributed by atoms with Gasteiger partial charge in [-0.25, -0.2) is 0 Å². The standard InChI is InChI=1S/C20H30O4Si/c1-19(2,3)25(20(4,5)6)23-17(15-9-7-13-21-15)11-12-18(24-25)16-10-8-14-22-16/h7-10,13-14,17-18H,11-12H2,1-6H3/t17-,18+. The molecule has 2 atom stereocenters. The third kappa shape index (κ3) is 3.37. The largest absolute Gasteiger partial charge is 0.467 e. The molecule has 1 aliphatic rings. The normalized spacial score (nSPS) is 24.9. The molecule has 0 bridgehead atoms.